The average molecular weight is 234 g/mol. The first-order chi connectivity index (χ1) is 6.73. The number of hydrogen-bond acceptors (Lipinski definition) is 4. The summed E-state index contributed by atoms with van der Waals surface area (Å²) >= 11 is 0. The van der Waals surface area contributed by atoms with E-state index in [9.17, 15) is 22.9 Å². The molecule has 0 fully saturated rings. The Morgan fingerprint density at radius 1 is 1.47 bits per heavy atom. The standard InChI is InChI=1S/C7H7FN2O4S/c1-4-2-6(10(11)12)5(8)3-7(4)15(9,13)14/h2-3H,1H3,(H2,9,13,14). The van der Waals surface area contributed by atoms with Gasteiger partial charge in [0.25, 0.3) is 0 Å². The molecule has 0 radical (unpaired) electrons. The Balaban J connectivity index is 3.52. The Labute approximate surface area is 84.7 Å². The van der Waals surface area contributed by atoms with Crippen molar-refractivity contribution in [1.29, 1.82) is 0 Å². The molecule has 0 bridgehead atoms. The number of nitrogens with zero attached hydrogens (tertiary/aromatic N) is 1. The Hall–Kier alpha value is -1.54. The van der Waals surface area contributed by atoms with Crippen molar-refractivity contribution in [1.82, 2.24) is 0 Å². The molecule has 0 aromatic heterocycles. The van der Waals surface area contributed by atoms with E-state index in [2.05, 4.69) is 0 Å². The summed E-state index contributed by atoms with van der Waals surface area (Å²) in [6.45, 7) is 1.30. The van der Waals surface area contributed by atoms with Crippen LogP contribution in [0.4, 0.5) is 10.1 Å². The van der Waals surface area contributed by atoms with Gasteiger partial charge in [0.2, 0.25) is 15.8 Å². The summed E-state index contributed by atoms with van der Waals surface area (Å²) in [5.41, 5.74) is -0.745. The molecule has 6 nitrogen and oxygen atoms in total. The molecular weight excluding hydrogens is 227 g/mol. The number of rotatable bonds is 2. The maximum atomic E-state index is 13.0. The molecule has 0 heterocycles. The topological polar surface area (TPSA) is 103 Å². The summed E-state index contributed by atoms with van der Waals surface area (Å²) in [4.78, 5) is 8.93. The number of aryl methyl sites for hydroxylation is 1. The minimum atomic E-state index is -4.06. The summed E-state index contributed by atoms with van der Waals surface area (Å²) < 4.78 is 34.9. The Kier molecular flexibility index (Phi) is 2.73. The van der Waals surface area contributed by atoms with Crippen molar-refractivity contribution in [2.24, 2.45) is 5.14 Å². The van der Waals surface area contributed by atoms with Crippen LogP contribution in [-0.4, -0.2) is 13.3 Å². The van der Waals surface area contributed by atoms with Crippen LogP contribution in [0.1, 0.15) is 5.56 Å². The van der Waals surface area contributed by atoms with Gasteiger partial charge in [0.05, 0.1) is 9.82 Å². The van der Waals surface area contributed by atoms with Gasteiger partial charge in [-0.3, -0.25) is 10.1 Å². The summed E-state index contributed by atoms with van der Waals surface area (Å²) in [5.74, 6) is -1.23. The van der Waals surface area contributed by atoms with Crippen LogP contribution in [0.25, 0.3) is 0 Å². The van der Waals surface area contributed by atoms with E-state index in [1.807, 2.05) is 0 Å². The normalized spacial score (nSPS) is 11.4. The van der Waals surface area contributed by atoms with Crippen LogP contribution >= 0.6 is 0 Å². The molecule has 2 N–H and O–H groups in total. The number of primary sulfonamides is 1. The van der Waals surface area contributed by atoms with E-state index in [4.69, 9.17) is 5.14 Å². The predicted octanol–water partition coefficient (Wildman–Crippen LogP) is 0.690. The lowest BCUT2D eigenvalue weighted by Crippen LogP contribution is -2.14. The first-order valence-electron chi connectivity index (χ1n) is 3.71. The number of nitro groups is 1. The van der Waals surface area contributed by atoms with Gasteiger partial charge in [0.15, 0.2) is 0 Å². The molecule has 15 heavy (non-hydrogen) atoms. The lowest BCUT2D eigenvalue weighted by atomic mass is 10.2. The molecule has 0 atom stereocenters. The molecule has 0 aliphatic rings. The SMILES string of the molecule is Cc1cc([N+](=O)[O-])c(F)cc1S(N)(=O)=O. The van der Waals surface area contributed by atoms with Gasteiger partial charge in [-0.1, -0.05) is 0 Å². The molecule has 1 aromatic rings. The van der Waals surface area contributed by atoms with Crippen molar-refractivity contribution >= 4 is 15.7 Å². The highest BCUT2D eigenvalue weighted by molar-refractivity contribution is 7.89. The number of halogens is 1. The Bertz CT molecular complexity index is 526. The van der Waals surface area contributed by atoms with E-state index in [-0.39, 0.29) is 5.56 Å². The van der Waals surface area contributed by atoms with E-state index in [0.29, 0.717) is 6.07 Å². The largest absolute Gasteiger partial charge is 0.305 e. The predicted molar refractivity (Wildman–Crippen MR) is 49.2 cm³/mol. The Morgan fingerprint density at radius 2 is 2.00 bits per heavy atom. The van der Waals surface area contributed by atoms with Crippen molar-refractivity contribution in [3.05, 3.63) is 33.6 Å². The molecule has 1 aromatic carbocycles. The van der Waals surface area contributed by atoms with Gasteiger partial charge in [-0.2, -0.15) is 4.39 Å². The minimum absolute atomic E-state index is 0.0330. The summed E-state index contributed by atoms with van der Waals surface area (Å²) in [6, 6.07) is 1.37. The Morgan fingerprint density at radius 3 is 2.40 bits per heavy atom. The van der Waals surface area contributed by atoms with Gasteiger partial charge in [0.1, 0.15) is 0 Å². The molecule has 0 aliphatic carbocycles. The third-order valence-electron chi connectivity index (χ3n) is 1.75. The molecule has 0 amide bonds. The molecule has 0 spiro atoms. The van der Waals surface area contributed by atoms with E-state index in [1.54, 1.807) is 0 Å². The first kappa shape index (κ1) is 11.5. The van der Waals surface area contributed by atoms with Crippen LogP contribution in [0.2, 0.25) is 0 Å². The van der Waals surface area contributed by atoms with Crippen molar-refractivity contribution < 1.29 is 17.7 Å². The van der Waals surface area contributed by atoms with Gasteiger partial charge in [0, 0.05) is 12.1 Å². The third kappa shape index (κ3) is 2.28. The lowest BCUT2D eigenvalue weighted by molar-refractivity contribution is -0.387. The number of hydrogen-bond donors (Lipinski definition) is 1. The van der Waals surface area contributed by atoms with Crippen LogP contribution in [0, 0.1) is 22.9 Å². The minimum Gasteiger partial charge on any atom is -0.258 e. The second-order valence-electron chi connectivity index (χ2n) is 2.87. The highest BCUT2D eigenvalue weighted by Gasteiger charge is 2.21. The van der Waals surface area contributed by atoms with Crippen molar-refractivity contribution in [3.63, 3.8) is 0 Å². The zero-order valence-electron chi connectivity index (χ0n) is 7.60. The van der Waals surface area contributed by atoms with Crippen LogP contribution in [0.15, 0.2) is 17.0 Å². The fraction of sp³-hybridized carbons (Fsp3) is 0.143. The van der Waals surface area contributed by atoms with Crippen LogP contribution < -0.4 is 5.14 Å². The highest BCUT2D eigenvalue weighted by atomic mass is 32.2. The fourth-order valence-electron chi connectivity index (χ4n) is 1.09. The molecule has 0 unspecified atom stereocenters. The molecule has 1 rings (SSSR count). The van der Waals surface area contributed by atoms with Gasteiger partial charge < -0.3 is 0 Å². The van der Waals surface area contributed by atoms with Crippen molar-refractivity contribution in [2.45, 2.75) is 11.8 Å². The van der Waals surface area contributed by atoms with Crippen LogP contribution in [0.5, 0.6) is 0 Å². The second-order valence-corrected chi connectivity index (χ2v) is 4.40. The third-order valence-corrected chi connectivity index (χ3v) is 2.80. The molecule has 8 heteroatoms. The van der Waals surface area contributed by atoms with Gasteiger partial charge in [-0.05, 0) is 12.5 Å². The maximum Gasteiger partial charge on any atom is 0.305 e. The average Bonchev–Trinajstić information content (AvgIpc) is 2.06. The van der Waals surface area contributed by atoms with Crippen molar-refractivity contribution in [2.75, 3.05) is 0 Å². The van der Waals surface area contributed by atoms with E-state index >= 15 is 0 Å². The van der Waals surface area contributed by atoms with Gasteiger partial charge in [-0.15, -0.1) is 0 Å². The lowest BCUT2D eigenvalue weighted by Gasteiger charge is -2.03. The second kappa shape index (κ2) is 3.55. The fourth-order valence-corrected chi connectivity index (χ4v) is 1.87. The molecule has 0 aliphatic heterocycles. The van der Waals surface area contributed by atoms with Gasteiger partial charge in [-0.25, -0.2) is 13.6 Å². The van der Waals surface area contributed by atoms with Crippen molar-refractivity contribution in [3.8, 4) is 0 Å². The zero-order valence-corrected chi connectivity index (χ0v) is 8.41. The van der Waals surface area contributed by atoms with E-state index < -0.39 is 31.3 Å². The summed E-state index contributed by atoms with van der Waals surface area (Å²) in [7, 11) is -4.06. The van der Waals surface area contributed by atoms with Gasteiger partial charge >= 0.3 is 5.69 Å². The van der Waals surface area contributed by atoms with E-state index in [1.165, 1.54) is 6.92 Å². The van der Waals surface area contributed by atoms with Crippen LogP contribution in [0.3, 0.4) is 0 Å². The number of sulfonamides is 1. The summed E-state index contributed by atoms with van der Waals surface area (Å²) in [5, 5.41) is 15.1. The molecule has 0 saturated heterocycles. The smallest absolute Gasteiger partial charge is 0.258 e. The monoisotopic (exact) mass is 234 g/mol. The number of benzene rings is 1. The molecule has 82 valence electrons. The number of nitro benzene ring substituents is 1. The zero-order chi connectivity index (χ0) is 11.8. The maximum absolute atomic E-state index is 13.0. The number of nitrogens with two attached hydrogens (primary N) is 1. The quantitative estimate of drug-likeness (QED) is 0.600. The summed E-state index contributed by atoms with van der Waals surface area (Å²) in [6.07, 6.45) is 0. The first-order valence-corrected chi connectivity index (χ1v) is 5.25. The molecular formula is C7H7FN2O4S. The van der Waals surface area contributed by atoms with E-state index in [0.717, 1.165) is 6.07 Å². The van der Waals surface area contributed by atoms with Crippen LogP contribution in [-0.2, 0) is 10.0 Å². The molecule has 0 saturated carbocycles. The highest BCUT2D eigenvalue weighted by Crippen LogP contribution is 2.23.